The molecule has 21 heavy (non-hydrogen) atoms. The zero-order chi connectivity index (χ0) is 15.9. The molecular formula is C14H25BrF3NO2. The summed E-state index contributed by atoms with van der Waals surface area (Å²) in [5, 5.41) is 9.26. The van der Waals surface area contributed by atoms with Crippen LogP contribution in [0.5, 0.6) is 0 Å². The summed E-state index contributed by atoms with van der Waals surface area (Å²) in [6.45, 7) is 3.71. The summed E-state index contributed by atoms with van der Waals surface area (Å²) in [5.74, 6) is 0. The summed E-state index contributed by atoms with van der Waals surface area (Å²) >= 11 is 3.54. The largest absolute Gasteiger partial charge is 0.522 e. The maximum atomic E-state index is 12.3. The molecule has 0 spiro atoms. The zero-order valence-corrected chi connectivity index (χ0v) is 14.0. The van der Waals surface area contributed by atoms with Crippen molar-refractivity contribution in [1.29, 1.82) is 0 Å². The number of aliphatic hydroxyl groups is 1. The van der Waals surface area contributed by atoms with Crippen LogP contribution in [-0.4, -0.2) is 53.0 Å². The minimum absolute atomic E-state index is 0.126. The lowest BCUT2D eigenvalue weighted by Gasteiger charge is -2.26. The van der Waals surface area contributed by atoms with Crippen molar-refractivity contribution in [3.8, 4) is 0 Å². The molecule has 0 aromatic rings. The van der Waals surface area contributed by atoms with E-state index in [4.69, 9.17) is 0 Å². The van der Waals surface area contributed by atoms with Crippen molar-refractivity contribution >= 4 is 15.9 Å². The van der Waals surface area contributed by atoms with Crippen LogP contribution in [0.4, 0.5) is 13.2 Å². The van der Waals surface area contributed by atoms with Crippen LogP contribution in [0, 0.1) is 0 Å². The predicted molar refractivity (Wildman–Crippen MR) is 79.5 cm³/mol. The molecule has 2 unspecified atom stereocenters. The molecule has 0 amide bonds. The molecule has 1 saturated heterocycles. The van der Waals surface area contributed by atoms with E-state index in [0.29, 0.717) is 25.7 Å². The molecule has 1 heterocycles. The highest BCUT2D eigenvalue weighted by Gasteiger charge is 2.33. The second-order valence-corrected chi connectivity index (χ2v) is 6.92. The van der Waals surface area contributed by atoms with Gasteiger partial charge in [0.2, 0.25) is 0 Å². The van der Waals surface area contributed by atoms with Crippen molar-refractivity contribution in [2.24, 2.45) is 0 Å². The van der Waals surface area contributed by atoms with Gasteiger partial charge in [-0.1, -0.05) is 29.3 Å². The maximum absolute atomic E-state index is 12.3. The Morgan fingerprint density at radius 2 is 2.05 bits per heavy atom. The Labute approximate surface area is 133 Å². The monoisotopic (exact) mass is 375 g/mol. The van der Waals surface area contributed by atoms with Crippen molar-refractivity contribution in [3.05, 3.63) is 0 Å². The average molecular weight is 376 g/mol. The second-order valence-electron chi connectivity index (χ2n) is 5.62. The first-order valence-electron chi connectivity index (χ1n) is 7.59. The summed E-state index contributed by atoms with van der Waals surface area (Å²) in [4.78, 5) is 2.33. The number of halogens is 4. The van der Waals surface area contributed by atoms with E-state index in [2.05, 4.69) is 25.6 Å². The highest BCUT2D eigenvalue weighted by molar-refractivity contribution is 9.09. The minimum Gasteiger partial charge on any atom is -0.395 e. The number of hydrogen-bond donors (Lipinski definition) is 1. The van der Waals surface area contributed by atoms with E-state index in [1.165, 1.54) is 0 Å². The third kappa shape index (κ3) is 7.81. The molecule has 1 fully saturated rings. The molecule has 3 nitrogen and oxygen atoms in total. The van der Waals surface area contributed by atoms with E-state index in [0.717, 1.165) is 25.9 Å². The fraction of sp³-hybridized carbons (Fsp3) is 1.00. The molecule has 0 bridgehead atoms. The number of ether oxygens (including phenoxy) is 1. The van der Waals surface area contributed by atoms with Crippen molar-refractivity contribution in [3.63, 3.8) is 0 Å². The van der Waals surface area contributed by atoms with E-state index >= 15 is 0 Å². The molecule has 0 saturated carbocycles. The lowest BCUT2D eigenvalue weighted by atomic mass is 10.1. The van der Waals surface area contributed by atoms with E-state index in [1.807, 2.05) is 6.92 Å². The molecule has 1 N–H and O–H groups in total. The standard InChI is InChI=1S/C14H25BrF3NO2/c1-2-4-13(21-14(16,17)18)7-6-11(15)9-19-8-3-5-12(19)10-20/h11-13,20H,2-10H2,1H3/t11?,12-,13?/m1/s1. The van der Waals surface area contributed by atoms with Crippen LogP contribution < -0.4 is 0 Å². The van der Waals surface area contributed by atoms with Crippen LogP contribution in [0.25, 0.3) is 0 Å². The average Bonchev–Trinajstić information content (AvgIpc) is 2.81. The highest BCUT2D eigenvalue weighted by Crippen LogP contribution is 2.26. The van der Waals surface area contributed by atoms with Gasteiger partial charge in [-0.05, 0) is 38.6 Å². The Morgan fingerprint density at radius 1 is 1.33 bits per heavy atom. The van der Waals surface area contributed by atoms with E-state index in [9.17, 15) is 18.3 Å². The first kappa shape index (κ1) is 19.2. The smallest absolute Gasteiger partial charge is 0.395 e. The summed E-state index contributed by atoms with van der Waals surface area (Å²) in [6, 6.07) is 0.197. The SMILES string of the molecule is CCCC(CCC(Br)CN1CCC[C@@H]1CO)OC(F)(F)F. The van der Waals surface area contributed by atoms with Gasteiger partial charge in [-0.25, -0.2) is 0 Å². The van der Waals surface area contributed by atoms with E-state index in [-0.39, 0.29) is 17.5 Å². The van der Waals surface area contributed by atoms with Gasteiger partial charge in [-0.2, -0.15) is 0 Å². The quantitative estimate of drug-likeness (QED) is 0.623. The van der Waals surface area contributed by atoms with Crippen molar-refractivity contribution < 1.29 is 23.0 Å². The number of nitrogens with zero attached hydrogens (tertiary/aromatic N) is 1. The molecule has 3 atom stereocenters. The van der Waals surface area contributed by atoms with Gasteiger partial charge in [-0.15, -0.1) is 13.2 Å². The second kappa shape index (κ2) is 9.33. The molecule has 0 radical (unpaired) electrons. The fourth-order valence-electron chi connectivity index (χ4n) is 2.83. The first-order valence-corrected chi connectivity index (χ1v) is 8.50. The Hall–Kier alpha value is 0.150. The van der Waals surface area contributed by atoms with Gasteiger partial charge >= 0.3 is 6.36 Å². The molecule has 1 aliphatic heterocycles. The maximum Gasteiger partial charge on any atom is 0.522 e. The topological polar surface area (TPSA) is 32.7 Å². The van der Waals surface area contributed by atoms with Gasteiger partial charge in [0.15, 0.2) is 0 Å². The predicted octanol–water partition coefficient (Wildman–Crippen LogP) is 3.69. The van der Waals surface area contributed by atoms with Crippen LogP contribution >= 0.6 is 15.9 Å². The Morgan fingerprint density at radius 3 is 2.62 bits per heavy atom. The van der Waals surface area contributed by atoms with Crippen LogP contribution in [0.1, 0.15) is 45.4 Å². The minimum atomic E-state index is -4.56. The molecule has 0 aliphatic carbocycles. The van der Waals surface area contributed by atoms with Crippen molar-refractivity contribution in [2.75, 3.05) is 19.7 Å². The summed E-state index contributed by atoms with van der Waals surface area (Å²) in [7, 11) is 0. The molecule has 7 heteroatoms. The number of hydrogen-bond acceptors (Lipinski definition) is 3. The van der Waals surface area contributed by atoms with Crippen LogP contribution in [0.3, 0.4) is 0 Å². The Balaban J connectivity index is 2.33. The summed E-state index contributed by atoms with van der Waals surface area (Å²) < 4.78 is 41.1. The highest BCUT2D eigenvalue weighted by atomic mass is 79.9. The normalized spacial score (nSPS) is 23.4. The molecule has 0 aromatic heterocycles. The van der Waals surface area contributed by atoms with Gasteiger partial charge in [0.1, 0.15) is 0 Å². The van der Waals surface area contributed by atoms with E-state index < -0.39 is 12.5 Å². The molecule has 1 aliphatic rings. The molecule has 0 aromatic carbocycles. The number of likely N-dealkylation sites (tertiary alicyclic amines) is 1. The third-order valence-corrected chi connectivity index (χ3v) is 4.60. The van der Waals surface area contributed by atoms with Gasteiger partial charge in [0.25, 0.3) is 0 Å². The summed E-state index contributed by atoms with van der Waals surface area (Å²) in [5.41, 5.74) is 0. The molecule has 1 rings (SSSR count). The molecule has 126 valence electrons. The number of alkyl halides is 4. The third-order valence-electron chi connectivity index (χ3n) is 3.86. The van der Waals surface area contributed by atoms with E-state index in [1.54, 1.807) is 0 Å². The van der Waals surface area contributed by atoms with Crippen LogP contribution in [0.2, 0.25) is 0 Å². The zero-order valence-electron chi connectivity index (χ0n) is 12.4. The van der Waals surface area contributed by atoms with Gasteiger partial charge in [-0.3, -0.25) is 9.64 Å². The summed E-state index contributed by atoms with van der Waals surface area (Å²) in [6.07, 6.45) is -1.14. The molecular weight excluding hydrogens is 351 g/mol. The van der Waals surface area contributed by atoms with Gasteiger partial charge < -0.3 is 5.11 Å². The van der Waals surface area contributed by atoms with Gasteiger partial charge in [0.05, 0.1) is 12.7 Å². The first-order chi connectivity index (χ1) is 9.85. The number of aliphatic hydroxyl groups excluding tert-OH is 1. The van der Waals surface area contributed by atoms with Crippen molar-refractivity contribution in [1.82, 2.24) is 4.90 Å². The van der Waals surface area contributed by atoms with Gasteiger partial charge in [0, 0.05) is 17.4 Å². The van der Waals surface area contributed by atoms with Crippen molar-refractivity contribution in [2.45, 2.75) is 68.8 Å². The Kier molecular flexibility index (Phi) is 8.52. The van der Waals surface area contributed by atoms with Crippen LogP contribution in [-0.2, 0) is 4.74 Å². The lowest BCUT2D eigenvalue weighted by Crippen LogP contribution is -2.36. The van der Waals surface area contributed by atoms with Crippen LogP contribution in [0.15, 0.2) is 0 Å². The lowest BCUT2D eigenvalue weighted by molar-refractivity contribution is -0.344. The fourth-order valence-corrected chi connectivity index (χ4v) is 3.46. The Bertz CT molecular complexity index is 292. The number of rotatable bonds is 9.